The molecule has 0 bridgehead atoms. The fraction of sp³-hybridized carbons (Fsp3) is 0.154. The molecule has 0 radical (unpaired) electrons. The van der Waals surface area contributed by atoms with Gasteiger partial charge in [-0.2, -0.15) is 5.10 Å². The van der Waals surface area contributed by atoms with Gasteiger partial charge < -0.3 is 19.4 Å². The molecular weight excluding hydrogens is 476 g/mol. The zero-order valence-corrected chi connectivity index (χ0v) is 20.2. The summed E-state index contributed by atoms with van der Waals surface area (Å²) in [7, 11) is 0. The zero-order valence-electron chi connectivity index (χ0n) is 19.4. The van der Waals surface area contributed by atoms with Crippen LogP contribution in [0.2, 0.25) is 0 Å². The van der Waals surface area contributed by atoms with Crippen molar-refractivity contribution in [2.75, 3.05) is 17.9 Å². The van der Waals surface area contributed by atoms with Crippen LogP contribution in [0.25, 0.3) is 10.8 Å². The molecule has 0 spiro atoms. The molecule has 36 heavy (non-hydrogen) atoms. The summed E-state index contributed by atoms with van der Waals surface area (Å²) in [6.07, 6.45) is 3.34. The van der Waals surface area contributed by atoms with Crippen molar-refractivity contribution in [1.29, 1.82) is 0 Å². The van der Waals surface area contributed by atoms with Crippen LogP contribution in [0, 0.1) is 0 Å². The summed E-state index contributed by atoms with van der Waals surface area (Å²) >= 11 is 1.29. The molecule has 1 aromatic heterocycles. The Morgan fingerprint density at radius 2 is 1.97 bits per heavy atom. The highest BCUT2D eigenvalue weighted by atomic mass is 32.2. The van der Waals surface area contributed by atoms with E-state index in [-0.39, 0.29) is 18.5 Å². The topological polar surface area (TPSA) is 103 Å². The number of nitrogens with one attached hydrogen (secondary N) is 2. The van der Waals surface area contributed by atoms with Gasteiger partial charge in [-0.05, 0) is 35.2 Å². The lowest BCUT2D eigenvalue weighted by atomic mass is 10.1. The van der Waals surface area contributed by atoms with E-state index in [1.165, 1.54) is 17.1 Å². The van der Waals surface area contributed by atoms with Crippen molar-refractivity contribution in [1.82, 2.24) is 20.2 Å². The Morgan fingerprint density at radius 3 is 2.89 bits per heavy atom. The third-order valence-corrected chi connectivity index (χ3v) is 6.43. The van der Waals surface area contributed by atoms with Gasteiger partial charge in [-0.3, -0.25) is 4.79 Å². The molecule has 5 rings (SSSR count). The number of benzene rings is 3. The summed E-state index contributed by atoms with van der Waals surface area (Å²) in [5.74, 6) is 2.01. The molecule has 0 unspecified atom stereocenters. The van der Waals surface area contributed by atoms with Gasteiger partial charge in [0.1, 0.15) is 0 Å². The molecule has 2 heterocycles. The first-order valence-corrected chi connectivity index (χ1v) is 12.3. The predicted octanol–water partition coefficient (Wildman–Crippen LogP) is 4.20. The van der Waals surface area contributed by atoms with Crippen molar-refractivity contribution in [3.05, 3.63) is 84.7 Å². The highest BCUT2D eigenvalue weighted by Crippen LogP contribution is 2.32. The third kappa shape index (κ3) is 5.33. The van der Waals surface area contributed by atoms with E-state index in [2.05, 4.69) is 50.8 Å². The number of amides is 1. The first-order valence-electron chi connectivity index (χ1n) is 11.3. The van der Waals surface area contributed by atoms with Gasteiger partial charge in [0.2, 0.25) is 6.79 Å². The van der Waals surface area contributed by atoms with Gasteiger partial charge in [-0.15, -0.1) is 16.8 Å². The number of carbonyl (C=O) groups is 1. The molecule has 1 amide bonds. The normalized spacial score (nSPS) is 12.2. The first-order chi connectivity index (χ1) is 17.7. The minimum Gasteiger partial charge on any atom is -0.454 e. The number of thioether (sulfide) groups is 1. The maximum absolute atomic E-state index is 12.3. The number of hydrogen-bond donors (Lipinski definition) is 2. The average Bonchev–Trinajstić information content (AvgIpc) is 3.53. The van der Waals surface area contributed by atoms with Gasteiger partial charge in [0, 0.05) is 17.6 Å². The number of anilines is 1. The third-order valence-electron chi connectivity index (χ3n) is 5.46. The number of ether oxygens (including phenoxy) is 2. The minimum absolute atomic E-state index is 0.143. The number of carbonyl (C=O) groups excluding carboxylic acids is 1. The molecule has 0 fully saturated rings. The van der Waals surface area contributed by atoms with Gasteiger partial charge in [0.25, 0.3) is 5.91 Å². The Morgan fingerprint density at radius 1 is 1.11 bits per heavy atom. The van der Waals surface area contributed by atoms with E-state index < -0.39 is 0 Å². The summed E-state index contributed by atoms with van der Waals surface area (Å²) in [6, 6.07) is 19.8. The fourth-order valence-electron chi connectivity index (χ4n) is 3.76. The van der Waals surface area contributed by atoms with Gasteiger partial charge in [-0.1, -0.05) is 54.2 Å². The van der Waals surface area contributed by atoms with E-state index in [1.807, 2.05) is 34.9 Å². The van der Waals surface area contributed by atoms with E-state index in [4.69, 9.17) is 9.47 Å². The number of fused-ring (bicyclic) bond motifs is 2. The van der Waals surface area contributed by atoms with Crippen LogP contribution < -0.4 is 20.2 Å². The van der Waals surface area contributed by atoms with Crippen LogP contribution in [0.1, 0.15) is 11.4 Å². The van der Waals surface area contributed by atoms with E-state index in [0.717, 1.165) is 22.5 Å². The summed E-state index contributed by atoms with van der Waals surface area (Å²) in [6.45, 7) is 5.07. The largest absolute Gasteiger partial charge is 0.454 e. The zero-order chi connectivity index (χ0) is 24.7. The monoisotopic (exact) mass is 500 g/mol. The van der Waals surface area contributed by atoms with Gasteiger partial charge in [0.15, 0.2) is 22.5 Å². The Balaban J connectivity index is 1.18. The quantitative estimate of drug-likeness (QED) is 0.146. The van der Waals surface area contributed by atoms with E-state index in [9.17, 15) is 4.79 Å². The van der Waals surface area contributed by atoms with E-state index in [0.29, 0.717) is 29.7 Å². The Kier molecular flexibility index (Phi) is 7.13. The predicted molar refractivity (Wildman–Crippen MR) is 141 cm³/mol. The van der Waals surface area contributed by atoms with Crippen molar-refractivity contribution in [3.63, 3.8) is 0 Å². The van der Waals surface area contributed by atoms with Crippen LogP contribution in [-0.4, -0.2) is 39.4 Å². The number of hydrazone groups is 1. The van der Waals surface area contributed by atoms with Crippen LogP contribution in [0.5, 0.6) is 11.5 Å². The maximum Gasteiger partial charge on any atom is 0.250 e. The molecule has 1 aliphatic heterocycles. The van der Waals surface area contributed by atoms with E-state index in [1.54, 1.807) is 24.4 Å². The Bertz CT molecular complexity index is 1430. The highest BCUT2D eigenvalue weighted by molar-refractivity contribution is 7.99. The number of nitrogens with zero attached hydrogens (tertiary/aromatic N) is 4. The summed E-state index contributed by atoms with van der Waals surface area (Å²) in [5.41, 5.74) is 4.35. The molecule has 1 aliphatic rings. The molecule has 2 N–H and O–H groups in total. The molecule has 10 heteroatoms. The van der Waals surface area contributed by atoms with Gasteiger partial charge >= 0.3 is 0 Å². The molecule has 9 nitrogen and oxygen atoms in total. The van der Waals surface area contributed by atoms with Crippen LogP contribution in [0.4, 0.5) is 5.69 Å². The summed E-state index contributed by atoms with van der Waals surface area (Å²) in [5, 5.41) is 19.1. The Labute approximate surface area is 212 Å². The van der Waals surface area contributed by atoms with Crippen LogP contribution >= 0.6 is 11.8 Å². The maximum atomic E-state index is 12.3. The molecule has 182 valence electrons. The average molecular weight is 501 g/mol. The lowest BCUT2D eigenvalue weighted by Crippen LogP contribution is -2.20. The van der Waals surface area contributed by atoms with Gasteiger partial charge in [0.05, 0.1) is 18.5 Å². The standard InChI is InChI=1S/C26H24N6O3S/c1-2-12-32-24(15-27-21-9-5-7-19-6-3-4-8-20(19)21)29-31-26(32)36-16-25(33)30-28-14-18-10-11-22-23(13-18)35-17-34-22/h2-11,13-14,27H,1,12,15-17H2,(H,30,33). The number of rotatable bonds is 10. The number of allylic oxidation sites excluding steroid dienone is 1. The van der Waals surface area contributed by atoms with Crippen molar-refractivity contribution in [2.45, 2.75) is 18.2 Å². The lowest BCUT2D eigenvalue weighted by Gasteiger charge is -2.11. The van der Waals surface area contributed by atoms with Crippen molar-refractivity contribution in [2.24, 2.45) is 5.10 Å². The van der Waals surface area contributed by atoms with Gasteiger partial charge in [-0.25, -0.2) is 5.43 Å². The summed E-state index contributed by atoms with van der Waals surface area (Å²) < 4.78 is 12.6. The lowest BCUT2D eigenvalue weighted by molar-refractivity contribution is -0.118. The summed E-state index contributed by atoms with van der Waals surface area (Å²) in [4.78, 5) is 12.3. The molecule has 4 aromatic rings. The highest BCUT2D eigenvalue weighted by Gasteiger charge is 2.14. The minimum atomic E-state index is -0.249. The Hall–Kier alpha value is -4.31. The molecule has 0 atom stereocenters. The first kappa shape index (κ1) is 23.4. The smallest absolute Gasteiger partial charge is 0.250 e. The van der Waals surface area contributed by atoms with Crippen LogP contribution in [-0.2, 0) is 17.9 Å². The number of aromatic nitrogens is 3. The van der Waals surface area contributed by atoms with Crippen molar-refractivity contribution in [3.8, 4) is 11.5 Å². The van der Waals surface area contributed by atoms with Crippen LogP contribution in [0.3, 0.4) is 0 Å². The fourth-order valence-corrected chi connectivity index (χ4v) is 4.52. The second-order valence-corrected chi connectivity index (χ2v) is 8.82. The number of hydrogen-bond acceptors (Lipinski definition) is 8. The molecule has 3 aromatic carbocycles. The molecule has 0 aliphatic carbocycles. The van der Waals surface area contributed by atoms with E-state index >= 15 is 0 Å². The molecule has 0 saturated carbocycles. The molecular formula is C26H24N6O3S. The molecule has 0 saturated heterocycles. The SMILES string of the molecule is C=CCn1c(CNc2cccc3ccccc23)nnc1SCC(=O)NN=Cc1ccc2c(c1)OCO2. The van der Waals surface area contributed by atoms with Crippen molar-refractivity contribution >= 4 is 40.3 Å². The van der Waals surface area contributed by atoms with Crippen molar-refractivity contribution < 1.29 is 14.3 Å². The second-order valence-electron chi connectivity index (χ2n) is 7.87. The van der Waals surface area contributed by atoms with Crippen LogP contribution in [0.15, 0.2) is 83.6 Å². The second kappa shape index (κ2) is 11.0.